The number of aromatic nitrogens is 3. The van der Waals surface area contributed by atoms with E-state index in [0.717, 1.165) is 28.5 Å². The maximum Gasteiger partial charge on any atom is 0.417 e. The van der Waals surface area contributed by atoms with Crippen molar-refractivity contribution in [1.82, 2.24) is 14.5 Å². The van der Waals surface area contributed by atoms with Crippen molar-refractivity contribution in [1.29, 1.82) is 0 Å². The molecule has 2 aromatic heterocycles. The second-order valence-electron chi connectivity index (χ2n) is 5.53. The summed E-state index contributed by atoms with van der Waals surface area (Å²) in [6, 6.07) is 1.04. The zero-order valence-corrected chi connectivity index (χ0v) is 14.6. The van der Waals surface area contributed by atoms with E-state index in [1.54, 1.807) is 36.7 Å². The first-order valence-corrected chi connectivity index (χ1v) is 8.65. The van der Waals surface area contributed by atoms with Gasteiger partial charge in [-0.1, -0.05) is 0 Å². The molecule has 0 aliphatic carbocycles. The predicted octanol–water partition coefficient (Wildman–Crippen LogP) is 3.55. The Bertz CT molecular complexity index is 842. The third-order valence-electron chi connectivity index (χ3n) is 3.85. The van der Waals surface area contributed by atoms with E-state index < -0.39 is 11.7 Å². The summed E-state index contributed by atoms with van der Waals surface area (Å²) in [6.45, 7) is 1.24. The highest BCUT2D eigenvalue weighted by molar-refractivity contribution is 8.04. The highest BCUT2D eigenvalue weighted by atomic mass is 32.2. The molecule has 0 radical (unpaired) electrons. The molecule has 25 heavy (non-hydrogen) atoms. The van der Waals surface area contributed by atoms with E-state index in [-0.39, 0.29) is 5.52 Å². The summed E-state index contributed by atoms with van der Waals surface area (Å²) in [5.74, 6) is 1.40. The van der Waals surface area contributed by atoms with Crippen molar-refractivity contribution in [3.05, 3.63) is 28.6 Å². The molecule has 0 unspecified atom stereocenters. The topological polar surface area (TPSA) is 52.3 Å². The molecular weight excluding hydrogens is 353 g/mol. The number of imidazole rings is 1. The van der Waals surface area contributed by atoms with Gasteiger partial charge in [-0.25, -0.2) is 9.97 Å². The summed E-state index contributed by atoms with van der Waals surface area (Å²) < 4.78 is 45.5. The van der Waals surface area contributed by atoms with Gasteiger partial charge in [-0.05, 0) is 12.5 Å². The van der Waals surface area contributed by atoms with Crippen LogP contribution in [0.25, 0.3) is 16.7 Å². The SMILES string of the molecule is COCCSC1=C(c2nc3cc(C(F)(F)F)cnc3n2C)CCN=C1. The molecule has 0 atom stereocenters. The average Bonchev–Trinajstić information content (AvgIpc) is 2.91. The van der Waals surface area contributed by atoms with Crippen LogP contribution >= 0.6 is 11.8 Å². The van der Waals surface area contributed by atoms with Crippen LogP contribution in [0.4, 0.5) is 13.2 Å². The standard InChI is InChI=1S/C16H17F3N4OS/c1-23-14(11-3-4-20-9-13(11)25-6-5-24-2)22-12-7-10(16(17,18)19)8-21-15(12)23/h7-9H,3-6H2,1-2H3. The fourth-order valence-electron chi connectivity index (χ4n) is 2.61. The maximum absolute atomic E-state index is 12.9. The molecule has 0 bridgehead atoms. The van der Waals surface area contributed by atoms with Crippen LogP contribution in [0.5, 0.6) is 0 Å². The van der Waals surface area contributed by atoms with Gasteiger partial charge in [0.1, 0.15) is 11.3 Å². The quantitative estimate of drug-likeness (QED) is 0.756. The fraction of sp³-hybridized carbons (Fsp3) is 0.438. The highest BCUT2D eigenvalue weighted by Crippen LogP contribution is 2.34. The number of allylic oxidation sites excluding steroid dienone is 1. The Morgan fingerprint density at radius 2 is 2.16 bits per heavy atom. The maximum atomic E-state index is 12.9. The number of halogens is 3. The monoisotopic (exact) mass is 370 g/mol. The molecule has 1 aliphatic heterocycles. The van der Waals surface area contributed by atoms with Crippen LogP contribution in [0.1, 0.15) is 17.8 Å². The summed E-state index contributed by atoms with van der Waals surface area (Å²) in [5.41, 5.74) is 0.853. The first-order valence-electron chi connectivity index (χ1n) is 7.66. The molecule has 3 rings (SSSR count). The van der Waals surface area contributed by atoms with Crippen LogP contribution in [-0.2, 0) is 18.0 Å². The Kier molecular flexibility index (Phi) is 5.14. The van der Waals surface area contributed by atoms with Gasteiger partial charge in [-0.2, -0.15) is 13.2 Å². The molecule has 0 saturated carbocycles. The lowest BCUT2D eigenvalue weighted by atomic mass is 10.1. The highest BCUT2D eigenvalue weighted by Gasteiger charge is 2.32. The van der Waals surface area contributed by atoms with E-state index >= 15 is 0 Å². The van der Waals surface area contributed by atoms with Crippen molar-refractivity contribution in [3.8, 4) is 0 Å². The number of methoxy groups -OCH3 is 1. The molecule has 1 aliphatic rings. The zero-order valence-electron chi connectivity index (χ0n) is 13.8. The van der Waals surface area contributed by atoms with Gasteiger partial charge in [0.25, 0.3) is 0 Å². The minimum absolute atomic E-state index is 0.239. The number of rotatable bonds is 5. The van der Waals surface area contributed by atoms with Gasteiger partial charge >= 0.3 is 6.18 Å². The third kappa shape index (κ3) is 3.72. The van der Waals surface area contributed by atoms with Crippen molar-refractivity contribution in [2.24, 2.45) is 12.0 Å². The van der Waals surface area contributed by atoms with Gasteiger partial charge in [0.15, 0.2) is 5.65 Å². The molecule has 0 fully saturated rings. The Morgan fingerprint density at radius 1 is 1.36 bits per heavy atom. The van der Waals surface area contributed by atoms with E-state index in [1.165, 1.54) is 0 Å². The molecule has 2 aromatic rings. The average molecular weight is 370 g/mol. The Morgan fingerprint density at radius 3 is 2.88 bits per heavy atom. The van der Waals surface area contributed by atoms with Crippen LogP contribution < -0.4 is 0 Å². The molecule has 3 heterocycles. The van der Waals surface area contributed by atoms with Gasteiger partial charge in [-0.3, -0.25) is 4.99 Å². The van der Waals surface area contributed by atoms with Crippen LogP contribution in [0, 0.1) is 0 Å². The number of nitrogens with zero attached hydrogens (tertiary/aromatic N) is 4. The Labute approximate surface area is 147 Å². The third-order valence-corrected chi connectivity index (χ3v) is 4.88. The van der Waals surface area contributed by atoms with Gasteiger partial charge in [0.2, 0.25) is 0 Å². The fourth-order valence-corrected chi connectivity index (χ4v) is 3.59. The number of aryl methyl sites for hydroxylation is 1. The Balaban J connectivity index is 2.04. The molecule has 0 spiro atoms. The van der Waals surface area contributed by atoms with E-state index in [1.807, 2.05) is 0 Å². The number of pyridine rings is 1. The minimum Gasteiger partial charge on any atom is -0.384 e. The lowest BCUT2D eigenvalue weighted by molar-refractivity contribution is -0.137. The number of dihydropyridines is 1. The molecule has 0 aromatic carbocycles. The van der Waals surface area contributed by atoms with Crippen molar-refractivity contribution < 1.29 is 17.9 Å². The summed E-state index contributed by atoms with van der Waals surface area (Å²) >= 11 is 1.60. The van der Waals surface area contributed by atoms with Crippen LogP contribution in [-0.4, -0.2) is 46.8 Å². The normalized spacial score (nSPS) is 15.4. The van der Waals surface area contributed by atoms with Gasteiger partial charge in [0.05, 0.1) is 12.2 Å². The van der Waals surface area contributed by atoms with Crippen molar-refractivity contribution in [3.63, 3.8) is 0 Å². The van der Waals surface area contributed by atoms with Crippen LogP contribution in [0.3, 0.4) is 0 Å². The lowest BCUT2D eigenvalue weighted by Crippen LogP contribution is -2.07. The molecule has 9 heteroatoms. The van der Waals surface area contributed by atoms with E-state index in [2.05, 4.69) is 15.0 Å². The number of hydrogen-bond acceptors (Lipinski definition) is 5. The second-order valence-corrected chi connectivity index (χ2v) is 6.67. The molecule has 0 N–H and O–H groups in total. The van der Waals surface area contributed by atoms with Crippen molar-refractivity contribution in [2.45, 2.75) is 12.6 Å². The second kappa shape index (κ2) is 7.17. The van der Waals surface area contributed by atoms with Gasteiger partial charge in [-0.15, -0.1) is 11.8 Å². The first-order chi connectivity index (χ1) is 11.9. The summed E-state index contributed by atoms with van der Waals surface area (Å²) in [6.07, 6.45) is -1.10. The van der Waals surface area contributed by atoms with E-state index in [9.17, 15) is 13.2 Å². The predicted molar refractivity (Wildman–Crippen MR) is 92.7 cm³/mol. The molecule has 0 amide bonds. The number of aliphatic imine (C=N–C) groups is 1. The largest absolute Gasteiger partial charge is 0.417 e. The molecule has 134 valence electrons. The van der Waals surface area contributed by atoms with Crippen molar-refractivity contribution in [2.75, 3.05) is 26.0 Å². The smallest absolute Gasteiger partial charge is 0.384 e. The number of hydrogen-bond donors (Lipinski definition) is 0. The van der Waals surface area contributed by atoms with Gasteiger partial charge in [0, 0.05) is 49.3 Å². The zero-order chi connectivity index (χ0) is 18.0. The summed E-state index contributed by atoms with van der Waals surface area (Å²) in [5, 5.41) is 0. The molecule has 0 saturated heterocycles. The van der Waals surface area contributed by atoms with Crippen molar-refractivity contribution >= 4 is 34.7 Å². The number of ether oxygens (including phenoxy) is 1. The number of fused-ring (bicyclic) bond motifs is 1. The summed E-state index contributed by atoms with van der Waals surface area (Å²) in [4.78, 5) is 13.7. The van der Waals surface area contributed by atoms with Crippen LogP contribution in [0.2, 0.25) is 0 Å². The van der Waals surface area contributed by atoms with E-state index in [4.69, 9.17) is 4.74 Å². The summed E-state index contributed by atoms with van der Waals surface area (Å²) in [7, 11) is 3.40. The number of thioether (sulfide) groups is 1. The Hall–Kier alpha value is -1.87. The van der Waals surface area contributed by atoms with Crippen LogP contribution in [0.15, 0.2) is 22.2 Å². The van der Waals surface area contributed by atoms with E-state index in [0.29, 0.717) is 31.0 Å². The minimum atomic E-state index is -4.43. The molecular formula is C16H17F3N4OS. The lowest BCUT2D eigenvalue weighted by Gasteiger charge is -2.15. The van der Waals surface area contributed by atoms with Gasteiger partial charge < -0.3 is 9.30 Å². The molecule has 5 nitrogen and oxygen atoms in total. The first kappa shape index (κ1) is 17.9. The number of alkyl halides is 3.